The van der Waals surface area contributed by atoms with Crippen LogP contribution in [0.5, 0.6) is 5.75 Å². The number of hydrogen-bond acceptors (Lipinski definition) is 5. The van der Waals surface area contributed by atoms with Gasteiger partial charge in [-0.15, -0.1) is 0 Å². The number of rotatable bonds is 8. The van der Waals surface area contributed by atoms with Gasteiger partial charge in [-0.1, -0.05) is 36.4 Å². The smallest absolute Gasteiger partial charge is 0.310 e. The van der Waals surface area contributed by atoms with E-state index in [0.29, 0.717) is 25.5 Å². The third-order valence-corrected chi connectivity index (χ3v) is 5.58. The maximum Gasteiger partial charge on any atom is 0.310 e. The van der Waals surface area contributed by atoms with Crippen LogP contribution in [-0.2, 0) is 29.1 Å². The molecule has 32 heavy (non-hydrogen) atoms. The second-order valence-corrected chi connectivity index (χ2v) is 7.65. The Morgan fingerprint density at radius 3 is 2.69 bits per heavy atom. The predicted octanol–water partition coefficient (Wildman–Crippen LogP) is 5.55. The molecule has 0 aliphatic carbocycles. The molecule has 1 heterocycles. The van der Waals surface area contributed by atoms with Crippen LogP contribution in [0.4, 0.5) is 0 Å². The van der Waals surface area contributed by atoms with Crippen LogP contribution in [0.3, 0.4) is 0 Å². The van der Waals surface area contributed by atoms with Gasteiger partial charge in [0.25, 0.3) is 0 Å². The minimum Gasteiger partial charge on any atom is -0.489 e. The van der Waals surface area contributed by atoms with Gasteiger partial charge in [0.1, 0.15) is 17.9 Å². The zero-order valence-electron chi connectivity index (χ0n) is 18.4. The van der Waals surface area contributed by atoms with Crippen molar-refractivity contribution in [2.45, 2.75) is 33.4 Å². The zero-order chi connectivity index (χ0) is 22.5. The number of fused-ring (bicyclic) bond motifs is 1. The lowest BCUT2D eigenvalue weighted by atomic mass is 9.95. The van der Waals surface area contributed by atoms with Crippen molar-refractivity contribution in [3.63, 3.8) is 0 Å². The molecule has 0 bridgehead atoms. The number of benzene rings is 3. The average Bonchev–Trinajstić information content (AvgIpc) is 3.30. The van der Waals surface area contributed by atoms with E-state index in [-0.39, 0.29) is 12.4 Å². The molecule has 3 aromatic carbocycles. The summed E-state index contributed by atoms with van der Waals surface area (Å²) in [6.45, 7) is 5.08. The van der Waals surface area contributed by atoms with E-state index in [2.05, 4.69) is 25.1 Å². The van der Waals surface area contributed by atoms with Gasteiger partial charge in [0.05, 0.1) is 19.3 Å². The zero-order valence-corrected chi connectivity index (χ0v) is 18.4. The van der Waals surface area contributed by atoms with Crippen molar-refractivity contribution < 1.29 is 18.7 Å². The first-order valence-corrected chi connectivity index (χ1v) is 10.8. The molecule has 0 aliphatic rings. The lowest BCUT2D eigenvalue weighted by molar-refractivity contribution is -0.142. The van der Waals surface area contributed by atoms with Crippen LogP contribution >= 0.6 is 0 Å². The molecule has 5 heteroatoms. The summed E-state index contributed by atoms with van der Waals surface area (Å²) < 4.78 is 17.1. The quantitative estimate of drug-likeness (QED) is 0.372. The summed E-state index contributed by atoms with van der Waals surface area (Å²) in [4.78, 5) is 12.0. The van der Waals surface area contributed by atoms with E-state index in [1.807, 2.05) is 42.5 Å². The third-order valence-electron chi connectivity index (χ3n) is 5.58. The Balaban J connectivity index is 1.66. The van der Waals surface area contributed by atoms with Gasteiger partial charge in [-0.25, -0.2) is 0 Å². The molecule has 5 nitrogen and oxygen atoms in total. The molecule has 0 amide bonds. The van der Waals surface area contributed by atoms with Crippen molar-refractivity contribution >= 4 is 16.9 Å². The van der Waals surface area contributed by atoms with Gasteiger partial charge in [0, 0.05) is 23.1 Å². The van der Waals surface area contributed by atoms with Gasteiger partial charge in [0.15, 0.2) is 0 Å². The summed E-state index contributed by atoms with van der Waals surface area (Å²) >= 11 is 0. The van der Waals surface area contributed by atoms with Crippen molar-refractivity contribution in [2.24, 2.45) is 5.73 Å². The van der Waals surface area contributed by atoms with Gasteiger partial charge >= 0.3 is 5.97 Å². The number of nitrogens with two attached hydrogens (primary N) is 1. The van der Waals surface area contributed by atoms with Crippen LogP contribution in [-0.4, -0.2) is 12.6 Å². The number of para-hydroxylation sites is 1. The highest BCUT2D eigenvalue weighted by atomic mass is 16.5. The molecule has 0 saturated carbocycles. The average molecular weight is 430 g/mol. The monoisotopic (exact) mass is 429 g/mol. The first-order valence-electron chi connectivity index (χ1n) is 10.8. The van der Waals surface area contributed by atoms with E-state index in [0.717, 1.165) is 44.3 Å². The fraction of sp³-hybridized carbons (Fsp3) is 0.222. The third kappa shape index (κ3) is 4.53. The molecular weight excluding hydrogens is 402 g/mol. The van der Waals surface area contributed by atoms with Crippen molar-refractivity contribution in [3.05, 3.63) is 89.2 Å². The van der Waals surface area contributed by atoms with E-state index in [1.165, 1.54) is 0 Å². The van der Waals surface area contributed by atoms with E-state index in [4.69, 9.17) is 19.6 Å². The van der Waals surface area contributed by atoms with Gasteiger partial charge < -0.3 is 19.6 Å². The van der Waals surface area contributed by atoms with Crippen molar-refractivity contribution in [1.82, 2.24) is 0 Å². The van der Waals surface area contributed by atoms with E-state index >= 15 is 0 Å². The fourth-order valence-corrected chi connectivity index (χ4v) is 3.88. The summed E-state index contributed by atoms with van der Waals surface area (Å²) in [5.74, 6) is 0.417. The molecule has 4 aromatic rings. The molecule has 164 valence electrons. The minimum absolute atomic E-state index is 0.181. The molecule has 0 saturated heterocycles. The summed E-state index contributed by atoms with van der Waals surface area (Å²) in [5.41, 5.74) is 12.8. The minimum atomic E-state index is -0.262. The Labute approximate surface area is 187 Å². The highest BCUT2D eigenvalue weighted by Gasteiger charge is 2.15. The molecule has 0 fully saturated rings. The number of furan rings is 1. The summed E-state index contributed by atoms with van der Waals surface area (Å²) in [6.07, 6.45) is 1.90. The Kier molecular flexibility index (Phi) is 6.57. The predicted molar refractivity (Wildman–Crippen MR) is 125 cm³/mol. The van der Waals surface area contributed by atoms with Crippen molar-refractivity contribution in [1.29, 1.82) is 0 Å². The highest BCUT2D eigenvalue weighted by molar-refractivity contribution is 5.95. The van der Waals surface area contributed by atoms with Gasteiger partial charge in [0.2, 0.25) is 0 Å². The Hall–Kier alpha value is -3.57. The van der Waals surface area contributed by atoms with Gasteiger partial charge in [-0.2, -0.15) is 0 Å². The Bertz CT molecular complexity index is 1240. The van der Waals surface area contributed by atoms with Crippen LogP contribution in [0, 0.1) is 6.92 Å². The van der Waals surface area contributed by atoms with E-state index in [1.54, 1.807) is 13.2 Å². The van der Waals surface area contributed by atoms with Crippen LogP contribution in [0.2, 0.25) is 0 Å². The first kappa shape index (κ1) is 21.7. The lowest BCUT2D eigenvalue weighted by Crippen LogP contribution is -2.09. The Morgan fingerprint density at radius 1 is 1.03 bits per heavy atom. The summed E-state index contributed by atoms with van der Waals surface area (Å²) in [7, 11) is 0. The van der Waals surface area contributed by atoms with Crippen molar-refractivity contribution in [2.75, 3.05) is 6.61 Å². The van der Waals surface area contributed by atoms with E-state index < -0.39 is 0 Å². The molecule has 2 N–H and O–H groups in total. The van der Waals surface area contributed by atoms with Crippen LogP contribution < -0.4 is 10.5 Å². The second kappa shape index (κ2) is 9.71. The normalized spacial score (nSPS) is 11.0. The molecule has 0 radical (unpaired) electrons. The summed E-state index contributed by atoms with van der Waals surface area (Å²) in [5, 5.41) is 1.05. The number of ether oxygens (including phenoxy) is 2. The number of esters is 1. The van der Waals surface area contributed by atoms with Crippen LogP contribution in [0.1, 0.15) is 29.2 Å². The van der Waals surface area contributed by atoms with E-state index in [9.17, 15) is 4.79 Å². The highest BCUT2D eigenvalue weighted by Crippen LogP contribution is 2.35. The second-order valence-electron chi connectivity index (χ2n) is 7.65. The van der Waals surface area contributed by atoms with Gasteiger partial charge in [-0.3, -0.25) is 4.79 Å². The maximum absolute atomic E-state index is 12.0. The fourth-order valence-electron chi connectivity index (χ4n) is 3.88. The molecule has 0 aliphatic heterocycles. The standard InChI is InChI=1S/C27H27NO4/c1-3-30-26(29)15-21-8-4-5-10-25(21)32-17-22-14-24(20-9-6-7-19(13-20)16-28)27-23(18(22)2)11-12-31-27/h4-14H,3,15-17,28H2,1-2H3. The molecule has 0 spiro atoms. The number of aryl methyl sites for hydroxylation is 1. The molecule has 0 atom stereocenters. The first-order chi connectivity index (χ1) is 15.6. The van der Waals surface area contributed by atoms with Crippen molar-refractivity contribution in [3.8, 4) is 16.9 Å². The lowest BCUT2D eigenvalue weighted by Gasteiger charge is -2.15. The topological polar surface area (TPSA) is 74.7 Å². The largest absolute Gasteiger partial charge is 0.489 e. The SMILES string of the molecule is CCOC(=O)Cc1ccccc1OCc1cc(-c2cccc(CN)c2)c2occc2c1C. The number of carbonyl (C=O) groups is 1. The molecule has 1 aromatic heterocycles. The number of hydrogen-bond donors (Lipinski definition) is 1. The molecule has 4 rings (SSSR count). The number of carbonyl (C=O) groups excluding carboxylic acids is 1. The molecular formula is C27H27NO4. The summed E-state index contributed by atoms with van der Waals surface area (Å²) in [6, 6.07) is 19.8. The van der Waals surface area contributed by atoms with Crippen LogP contribution in [0.25, 0.3) is 22.1 Å². The maximum atomic E-state index is 12.0. The molecule has 0 unspecified atom stereocenters. The van der Waals surface area contributed by atoms with Gasteiger partial charge in [-0.05, 0) is 60.4 Å². The Morgan fingerprint density at radius 2 is 1.88 bits per heavy atom. The van der Waals surface area contributed by atoms with Crippen LogP contribution in [0.15, 0.2) is 71.3 Å².